The van der Waals surface area contributed by atoms with Crippen molar-refractivity contribution in [2.75, 3.05) is 0 Å². The van der Waals surface area contributed by atoms with Crippen LogP contribution in [0.3, 0.4) is 0 Å². The number of benzene rings is 1. The van der Waals surface area contributed by atoms with Crippen LogP contribution in [0.15, 0.2) is 22.7 Å². The maximum atomic E-state index is 13.9. The molecule has 1 aliphatic rings. The van der Waals surface area contributed by atoms with Gasteiger partial charge in [0.2, 0.25) is 0 Å². The van der Waals surface area contributed by atoms with Crippen molar-refractivity contribution in [1.29, 1.82) is 0 Å². The number of halogens is 2. The maximum absolute atomic E-state index is 13.9. The van der Waals surface area contributed by atoms with E-state index in [9.17, 15) is 9.18 Å². The molecule has 1 aliphatic carbocycles. The summed E-state index contributed by atoms with van der Waals surface area (Å²) in [6, 6.07) is 3.84. The van der Waals surface area contributed by atoms with E-state index in [2.05, 4.69) is 15.9 Å². The Morgan fingerprint density at radius 1 is 1.56 bits per heavy atom. The van der Waals surface area contributed by atoms with E-state index >= 15 is 0 Å². The first-order valence-electron chi connectivity index (χ1n) is 4.92. The summed E-state index contributed by atoms with van der Waals surface area (Å²) < 4.78 is 14.2. The van der Waals surface area contributed by atoms with Gasteiger partial charge in [-0.1, -0.05) is 12.1 Å². The second-order valence-corrected chi connectivity index (χ2v) is 4.93. The highest BCUT2D eigenvalue weighted by Gasteiger charge is 2.53. The number of aliphatic carboxylic acids is 1. The van der Waals surface area contributed by atoms with Gasteiger partial charge in [0.05, 0.1) is 4.47 Å². The van der Waals surface area contributed by atoms with Crippen LogP contribution in [-0.4, -0.2) is 17.1 Å². The van der Waals surface area contributed by atoms with Gasteiger partial charge in [-0.15, -0.1) is 0 Å². The molecule has 1 atom stereocenters. The molecule has 0 bridgehead atoms. The highest BCUT2D eigenvalue weighted by molar-refractivity contribution is 9.10. The highest BCUT2D eigenvalue weighted by Crippen LogP contribution is 2.51. The van der Waals surface area contributed by atoms with Crippen molar-refractivity contribution in [3.8, 4) is 0 Å². The highest BCUT2D eigenvalue weighted by atomic mass is 79.9. The van der Waals surface area contributed by atoms with Gasteiger partial charge in [-0.25, -0.2) is 4.39 Å². The SMILES string of the molecule is NC(C(=O)O)C1(c2cccc(Br)c2F)CC1. The molecule has 0 saturated heterocycles. The second-order valence-electron chi connectivity index (χ2n) is 4.07. The molecule has 1 aromatic carbocycles. The number of nitrogens with two attached hydrogens (primary N) is 1. The van der Waals surface area contributed by atoms with Gasteiger partial charge in [-0.3, -0.25) is 4.79 Å². The third-order valence-corrected chi connectivity index (χ3v) is 3.75. The van der Waals surface area contributed by atoms with Gasteiger partial charge in [0.15, 0.2) is 0 Å². The Morgan fingerprint density at radius 3 is 2.69 bits per heavy atom. The Balaban J connectivity index is 2.45. The lowest BCUT2D eigenvalue weighted by Crippen LogP contribution is -2.42. The monoisotopic (exact) mass is 287 g/mol. The van der Waals surface area contributed by atoms with Crippen molar-refractivity contribution >= 4 is 21.9 Å². The minimum Gasteiger partial charge on any atom is -0.480 e. The summed E-state index contributed by atoms with van der Waals surface area (Å²) in [5, 5.41) is 8.92. The van der Waals surface area contributed by atoms with Crippen LogP contribution in [0.25, 0.3) is 0 Å². The molecule has 5 heteroatoms. The lowest BCUT2D eigenvalue weighted by atomic mass is 9.88. The average Bonchev–Trinajstić information content (AvgIpc) is 3.02. The molecule has 16 heavy (non-hydrogen) atoms. The molecular formula is C11H11BrFNO2. The summed E-state index contributed by atoms with van der Waals surface area (Å²) in [5.41, 5.74) is 5.30. The van der Waals surface area contributed by atoms with Gasteiger partial charge in [0.1, 0.15) is 11.9 Å². The molecule has 3 N–H and O–H groups in total. The van der Waals surface area contributed by atoms with Gasteiger partial charge < -0.3 is 10.8 Å². The minimum absolute atomic E-state index is 0.342. The minimum atomic E-state index is -1.09. The summed E-state index contributed by atoms with van der Waals surface area (Å²) in [5.74, 6) is -1.49. The number of hydrogen-bond donors (Lipinski definition) is 2. The molecule has 0 spiro atoms. The topological polar surface area (TPSA) is 63.3 Å². The smallest absolute Gasteiger partial charge is 0.321 e. The summed E-state index contributed by atoms with van der Waals surface area (Å²) >= 11 is 3.09. The Labute approximate surface area is 101 Å². The van der Waals surface area contributed by atoms with Crippen LogP contribution in [-0.2, 0) is 10.2 Å². The van der Waals surface area contributed by atoms with Crippen LogP contribution in [0.1, 0.15) is 18.4 Å². The van der Waals surface area contributed by atoms with Crippen molar-refractivity contribution in [3.63, 3.8) is 0 Å². The maximum Gasteiger partial charge on any atom is 0.321 e. The summed E-state index contributed by atoms with van der Waals surface area (Å²) in [6.45, 7) is 0. The molecule has 2 rings (SSSR count). The largest absolute Gasteiger partial charge is 0.480 e. The molecule has 86 valence electrons. The van der Waals surface area contributed by atoms with Crippen LogP contribution in [0.2, 0.25) is 0 Å². The quantitative estimate of drug-likeness (QED) is 0.894. The Bertz CT molecular complexity index is 446. The molecule has 1 unspecified atom stereocenters. The van der Waals surface area contributed by atoms with Gasteiger partial charge in [-0.2, -0.15) is 0 Å². The fourth-order valence-corrected chi connectivity index (χ4v) is 2.37. The zero-order valence-corrected chi connectivity index (χ0v) is 10.00. The predicted molar refractivity (Wildman–Crippen MR) is 60.6 cm³/mol. The Hall–Kier alpha value is -0.940. The standard InChI is InChI=1S/C11H11BrFNO2/c12-7-3-1-2-6(8(7)13)11(4-5-11)9(14)10(15)16/h1-3,9H,4-5,14H2,(H,15,16). The van der Waals surface area contributed by atoms with Crippen molar-refractivity contribution < 1.29 is 14.3 Å². The second kappa shape index (κ2) is 3.82. The van der Waals surface area contributed by atoms with Crippen LogP contribution in [0.5, 0.6) is 0 Å². The molecule has 0 heterocycles. The molecule has 3 nitrogen and oxygen atoms in total. The molecule has 0 aliphatic heterocycles. The first kappa shape index (κ1) is 11.5. The number of carboxylic acids is 1. The third kappa shape index (κ3) is 1.64. The summed E-state index contributed by atoms with van der Waals surface area (Å²) in [6.07, 6.45) is 1.24. The number of rotatable bonds is 3. The van der Waals surface area contributed by atoms with E-state index in [1.807, 2.05) is 0 Å². The van der Waals surface area contributed by atoms with Crippen molar-refractivity contribution in [2.24, 2.45) is 5.73 Å². The van der Waals surface area contributed by atoms with E-state index in [-0.39, 0.29) is 0 Å². The molecule has 1 aromatic rings. The molecule has 0 amide bonds. The average molecular weight is 288 g/mol. The van der Waals surface area contributed by atoms with Crippen molar-refractivity contribution in [2.45, 2.75) is 24.3 Å². The zero-order chi connectivity index (χ0) is 11.9. The molecule has 1 fully saturated rings. The van der Waals surface area contributed by atoms with Crippen LogP contribution < -0.4 is 5.73 Å². The van der Waals surface area contributed by atoms with E-state index in [4.69, 9.17) is 10.8 Å². The van der Waals surface area contributed by atoms with Gasteiger partial charge >= 0.3 is 5.97 Å². The lowest BCUT2D eigenvalue weighted by Gasteiger charge is -2.21. The van der Waals surface area contributed by atoms with E-state index in [1.165, 1.54) is 0 Å². The fourth-order valence-electron chi connectivity index (χ4n) is 2.01. The Morgan fingerprint density at radius 2 is 2.19 bits per heavy atom. The van der Waals surface area contributed by atoms with E-state index in [1.54, 1.807) is 18.2 Å². The van der Waals surface area contributed by atoms with E-state index in [0.29, 0.717) is 22.9 Å². The first-order chi connectivity index (χ1) is 7.49. The molecule has 1 saturated carbocycles. The van der Waals surface area contributed by atoms with Crippen LogP contribution in [0.4, 0.5) is 4.39 Å². The molecule has 0 aromatic heterocycles. The molecule has 0 radical (unpaired) electrons. The first-order valence-corrected chi connectivity index (χ1v) is 5.71. The van der Waals surface area contributed by atoms with Gasteiger partial charge in [0.25, 0.3) is 0 Å². The van der Waals surface area contributed by atoms with Gasteiger partial charge in [-0.05, 0) is 40.4 Å². The van der Waals surface area contributed by atoms with Crippen molar-refractivity contribution in [3.05, 3.63) is 34.1 Å². The number of carbonyl (C=O) groups is 1. The van der Waals surface area contributed by atoms with E-state index < -0.39 is 23.2 Å². The zero-order valence-electron chi connectivity index (χ0n) is 8.41. The van der Waals surface area contributed by atoms with Crippen LogP contribution >= 0.6 is 15.9 Å². The lowest BCUT2D eigenvalue weighted by molar-refractivity contribution is -0.139. The fraction of sp³-hybridized carbons (Fsp3) is 0.364. The van der Waals surface area contributed by atoms with Crippen molar-refractivity contribution in [1.82, 2.24) is 0 Å². The normalized spacial score (nSPS) is 19.2. The number of carboxylic acid groups (broad SMARTS) is 1. The van der Waals surface area contributed by atoms with Crippen LogP contribution in [0, 0.1) is 5.82 Å². The Kier molecular flexibility index (Phi) is 2.75. The van der Waals surface area contributed by atoms with Gasteiger partial charge in [0, 0.05) is 5.41 Å². The number of hydrogen-bond acceptors (Lipinski definition) is 2. The molecular weight excluding hydrogens is 277 g/mol. The summed E-state index contributed by atoms with van der Waals surface area (Å²) in [7, 11) is 0. The summed E-state index contributed by atoms with van der Waals surface area (Å²) in [4.78, 5) is 10.9. The van der Waals surface area contributed by atoms with E-state index in [0.717, 1.165) is 0 Å². The predicted octanol–water partition coefficient (Wildman–Crippen LogP) is 2.03. The third-order valence-electron chi connectivity index (χ3n) is 3.14.